The number of nitrogens with zero attached hydrogens (tertiary/aromatic N) is 3. The van der Waals surface area contributed by atoms with Crippen LogP contribution >= 0.6 is 0 Å². The number of ether oxygens (including phenoxy) is 1. The highest BCUT2D eigenvalue weighted by Gasteiger charge is 2.36. The lowest BCUT2D eigenvalue weighted by Gasteiger charge is -2.36. The molecule has 124 valence electrons. The smallest absolute Gasteiger partial charge is 0.246 e. The van der Waals surface area contributed by atoms with Crippen molar-refractivity contribution in [2.75, 3.05) is 26.3 Å². The quantitative estimate of drug-likeness (QED) is 0.882. The summed E-state index contributed by atoms with van der Waals surface area (Å²) in [5.41, 5.74) is -0.725. The normalized spacial score (nSPS) is 26.4. The monoisotopic (exact) mass is 329 g/mol. The Hall–Kier alpha value is -0.960. The van der Waals surface area contributed by atoms with Crippen molar-refractivity contribution in [3.63, 3.8) is 0 Å². The highest BCUT2D eigenvalue weighted by Crippen LogP contribution is 2.29. The molecular weight excluding hydrogens is 306 g/mol. The Balaban J connectivity index is 1.73. The molecule has 1 aromatic rings. The van der Waals surface area contributed by atoms with E-state index in [9.17, 15) is 13.5 Å². The Morgan fingerprint density at radius 3 is 2.77 bits per heavy atom. The molecule has 8 heteroatoms. The molecule has 7 nitrogen and oxygen atoms in total. The molecule has 2 saturated heterocycles. The van der Waals surface area contributed by atoms with E-state index in [2.05, 4.69) is 5.10 Å². The van der Waals surface area contributed by atoms with Crippen LogP contribution in [0.25, 0.3) is 0 Å². The summed E-state index contributed by atoms with van der Waals surface area (Å²) < 4.78 is 33.8. The Morgan fingerprint density at radius 2 is 2.18 bits per heavy atom. The van der Waals surface area contributed by atoms with Gasteiger partial charge < -0.3 is 9.84 Å². The predicted molar refractivity (Wildman–Crippen MR) is 79.9 cm³/mol. The van der Waals surface area contributed by atoms with Crippen LogP contribution in [0.2, 0.25) is 0 Å². The molecule has 0 saturated carbocycles. The topological polar surface area (TPSA) is 84.7 Å². The average molecular weight is 329 g/mol. The maximum absolute atomic E-state index is 12.7. The second-order valence-electron chi connectivity index (χ2n) is 6.16. The summed E-state index contributed by atoms with van der Waals surface area (Å²) >= 11 is 0. The number of sulfonamides is 1. The van der Waals surface area contributed by atoms with Crippen molar-refractivity contribution in [2.45, 2.75) is 49.1 Å². The van der Waals surface area contributed by atoms with Gasteiger partial charge in [-0.1, -0.05) is 6.92 Å². The van der Waals surface area contributed by atoms with Crippen LogP contribution in [0.1, 0.15) is 38.6 Å². The third kappa shape index (κ3) is 2.92. The van der Waals surface area contributed by atoms with Crippen LogP contribution in [0.15, 0.2) is 17.3 Å². The van der Waals surface area contributed by atoms with Gasteiger partial charge in [-0.3, -0.25) is 4.68 Å². The highest BCUT2D eigenvalue weighted by molar-refractivity contribution is 7.89. The van der Waals surface area contributed by atoms with E-state index >= 15 is 0 Å². The Kier molecular flexibility index (Phi) is 4.28. The number of aliphatic hydroxyl groups is 1. The number of hydrogen-bond acceptors (Lipinski definition) is 5. The maximum Gasteiger partial charge on any atom is 0.246 e. The third-order valence-electron chi connectivity index (χ3n) is 4.81. The van der Waals surface area contributed by atoms with E-state index in [1.54, 1.807) is 10.9 Å². The van der Waals surface area contributed by atoms with E-state index < -0.39 is 15.6 Å². The summed E-state index contributed by atoms with van der Waals surface area (Å²) in [5, 5.41) is 14.4. The van der Waals surface area contributed by atoms with Gasteiger partial charge in [-0.25, -0.2) is 8.42 Å². The SMILES string of the molecule is CCC1(O)CCN(S(=O)(=O)c2cnn(C3CCOC3)c2)CC1. The molecule has 2 fully saturated rings. The van der Waals surface area contributed by atoms with Crippen molar-refractivity contribution in [3.05, 3.63) is 12.4 Å². The fourth-order valence-corrected chi connectivity index (χ4v) is 4.41. The Bertz CT molecular complexity index is 614. The van der Waals surface area contributed by atoms with Gasteiger partial charge in [0, 0.05) is 25.9 Å². The molecule has 3 heterocycles. The molecule has 0 spiro atoms. The second kappa shape index (κ2) is 5.92. The molecule has 0 aliphatic carbocycles. The van der Waals surface area contributed by atoms with Crippen molar-refractivity contribution >= 4 is 10.0 Å². The molecule has 22 heavy (non-hydrogen) atoms. The first-order chi connectivity index (χ1) is 10.4. The van der Waals surface area contributed by atoms with Crippen LogP contribution in [0.4, 0.5) is 0 Å². The number of aromatic nitrogens is 2. The second-order valence-corrected chi connectivity index (χ2v) is 8.09. The van der Waals surface area contributed by atoms with Crippen LogP contribution in [-0.2, 0) is 14.8 Å². The van der Waals surface area contributed by atoms with E-state index in [0.29, 0.717) is 45.6 Å². The lowest BCUT2D eigenvalue weighted by atomic mass is 9.90. The van der Waals surface area contributed by atoms with Crippen LogP contribution in [0.3, 0.4) is 0 Å². The van der Waals surface area contributed by atoms with E-state index in [1.165, 1.54) is 10.5 Å². The summed E-state index contributed by atoms with van der Waals surface area (Å²) in [6.45, 7) is 3.90. The molecule has 3 rings (SSSR count). The molecule has 1 atom stereocenters. The molecule has 0 radical (unpaired) electrons. The number of hydrogen-bond donors (Lipinski definition) is 1. The van der Waals surface area contributed by atoms with Crippen LogP contribution in [-0.4, -0.2) is 59.5 Å². The van der Waals surface area contributed by atoms with Crippen molar-refractivity contribution in [3.8, 4) is 0 Å². The van der Waals surface area contributed by atoms with E-state index in [4.69, 9.17) is 4.74 Å². The maximum atomic E-state index is 12.7. The predicted octanol–water partition coefficient (Wildman–Crippen LogP) is 0.770. The summed E-state index contributed by atoms with van der Waals surface area (Å²) in [7, 11) is -3.53. The van der Waals surface area contributed by atoms with Gasteiger partial charge in [-0.2, -0.15) is 9.40 Å². The van der Waals surface area contributed by atoms with Gasteiger partial charge in [0.25, 0.3) is 0 Å². The molecule has 2 aliphatic heterocycles. The summed E-state index contributed by atoms with van der Waals surface area (Å²) in [6.07, 6.45) is 5.47. The first kappa shape index (κ1) is 15.9. The zero-order valence-corrected chi connectivity index (χ0v) is 13.6. The summed E-state index contributed by atoms with van der Waals surface area (Å²) in [6, 6.07) is 0.121. The number of rotatable bonds is 4. The van der Waals surface area contributed by atoms with Crippen LogP contribution < -0.4 is 0 Å². The lowest BCUT2D eigenvalue weighted by molar-refractivity contribution is -0.00802. The molecule has 1 unspecified atom stereocenters. The van der Waals surface area contributed by atoms with Gasteiger partial charge >= 0.3 is 0 Å². The Morgan fingerprint density at radius 1 is 1.45 bits per heavy atom. The number of piperidine rings is 1. The van der Waals surface area contributed by atoms with Gasteiger partial charge in [0.1, 0.15) is 4.90 Å². The first-order valence-corrected chi connectivity index (χ1v) is 9.23. The van der Waals surface area contributed by atoms with Gasteiger partial charge in [0.2, 0.25) is 10.0 Å². The van der Waals surface area contributed by atoms with Crippen molar-refractivity contribution in [1.82, 2.24) is 14.1 Å². The standard InChI is InChI=1S/C14H23N3O4S/c1-2-14(18)4-6-16(7-5-14)22(19,20)13-9-15-17(10-13)12-3-8-21-11-12/h9-10,12,18H,2-8,11H2,1H3. The van der Waals surface area contributed by atoms with E-state index in [0.717, 1.165) is 6.42 Å². The van der Waals surface area contributed by atoms with E-state index in [-0.39, 0.29) is 10.9 Å². The third-order valence-corrected chi connectivity index (χ3v) is 6.66. The van der Waals surface area contributed by atoms with Gasteiger partial charge in [-0.15, -0.1) is 0 Å². The Labute approximate surface area is 130 Å². The molecule has 1 aromatic heterocycles. The van der Waals surface area contributed by atoms with Crippen LogP contribution in [0, 0.1) is 0 Å². The highest BCUT2D eigenvalue weighted by atomic mass is 32.2. The molecule has 0 aromatic carbocycles. The van der Waals surface area contributed by atoms with Crippen molar-refractivity contribution in [1.29, 1.82) is 0 Å². The van der Waals surface area contributed by atoms with Gasteiger partial charge in [-0.05, 0) is 25.7 Å². The molecule has 2 aliphatic rings. The largest absolute Gasteiger partial charge is 0.390 e. The summed E-state index contributed by atoms with van der Waals surface area (Å²) in [5.74, 6) is 0. The molecule has 1 N–H and O–H groups in total. The molecular formula is C14H23N3O4S. The molecule has 0 amide bonds. The fraction of sp³-hybridized carbons (Fsp3) is 0.786. The van der Waals surface area contributed by atoms with E-state index in [1.807, 2.05) is 6.92 Å². The minimum Gasteiger partial charge on any atom is -0.390 e. The minimum atomic E-state index is -3.53. The zero-order chi connectivity index (χ0) is 15.8. The summed E-state index contributed by atoms with van der Waals surface area (Å²) in [4.78, 5) is 0.223. The lowest BCUT2D eigenvalue weighted by Crippen LogP contribution is -2.46. The van der Waals surface area contributed by atoms with Crippen molar-refractivity contribution < 1.29 is 18.3 Å². The average Bonchev–Trinajstić information content (AvgIpc) is 3.19. The van der Waals surface area contributed by atoms with Crippen molar-refractivity contribution in [2.24, 2.45) is 0 Å². The fourth-order valence-electron chi connectivity index (χ4n) is 3.03. The van der Waals surface area contributed by atoms with Crippen LogP contribution in [0.5, 0.6) is 0 Å². The molecule has 0 bridgehead atoms. The van der Waals surface area contributed by atoms with Gasteiger partial charge in [0.05, 0.1) is 24.4 Å². The first-order valence-electron chi connectivity index (χ1n) is 7.79. The van der Waals surface area contributed by atoms with Gasteiger partial charge in [0.15, 0.2) is 0 Å². The zero-order valence-electron chi connectivity index (χ0n) is 12.8. The minimum absolute atomic E-state index is 0.121.